The van der Waals surface area contributed by atoms with E-state index in [1.165, 1.54) is 6.07 Å². The first-order valence-corrected chi connectivity index (χ1v) is 10.9. The van der Waals surface area contributed by atoms with E-state index >= 15 is 0 Å². The molecule has 28 heavy (non-hydrogen) atoms. The molecule has 2 aliphatic heterocycles. The molecule has 0 radical (unpaired) electrons. The predicted molar refractivity (Wildman–Crippen MR) is 113 cm³/mol. The maximum absolute atomic E-state index is 14.2. The Bertz CT molecular complexity index is 844. The number of piperazine rings is 1. The molecule has 2 aromatic rings. The number of halogens is 2. The molecule has 0 spiro atoms. The van der Waals surface area contributed by atoms with Crippen molar-refractivity contribution in [1.29, 1.82) is 0 Å². The topological polar surface area (TPSA) is 26.8 Å². The summed E-state index contributed by atoms with van der Waals surface area (Å²) in [5.74, 6) is 0.669. The Morgan fingerprint density at radius 2 is 1.75 bits per heavy atom. The smallest absolute Gasteiger partial charge is 0.237 e. The van der Waals surface area contributed by atoms with Gasteiger partial charge < -0.3 is 9.80 Å². The summed E-state index contributed by atoms with van der Waals surface area (Å²) >= 11 is 7.93. The summed E-state index contributed by atoms with van der Waals surface area (Å²) in [4.78, 5) is 19.2. The number of para-hydroxylation sites is 1. The minimum Gasteiger partial charge on any atom is -0.368 e. The van der Waals surface area contributed by atoms with Gasteiger partial charge in [0.15, 0.2) is 0 Å². The summed E-state index contributed by atoms with van der Waals surface area (Å²) in [5.41, 5.74) is 1.65. The molecule has 2 aliphatic rings. The first-order chi connectivity index (χ1) is 13.6. The lowest BCUT2D eigenvalue weighted by Gasteiger charge is -2.37. The van der Waals surface area contributed by atoms with Crippen molar-refractivity contribution in [2.45, 2.75) is 5.37 Å². The maximum Gasteiger partial charge on any atom is 0.237 e. The Labute approximate surface area is 174 Å². The van der Waals surface area contributed by atoms with Crippen LogP contribution < -0.4 is 4.90 Å². The van der Waals surface area contributed by atoms with Gasteiger partial charge in [-0.3, -0.25) is 9.69 Å². The molecule has 0 aromatic heterocycles. The minimum absolute atomic E-state index is 0.0736. The first-order valence-electron chi connectivity index (χ1n) is 9.51. The zero-order valence-electron chi connectivity index (χ0n) is 15.6. The normalized spacial score (nSPS) is 20.6. The van der Waals surface area contributed by atoms with E-state index in [2.05, 4.69) is 9.80 Å². The Morgan fingerprint density at radius 3 is 2.50 bits per heavy atom. The highest BCUT2D eigenvalue weighted by atomic mass is 35.5. The van der Waals surface area contributed by atoms with Gasteiger partial charge in [0, 0.05) is 44.0 Å². The van der Waals surface area contributed by atoms with Crippen LogP contribution in [0.25, 0.3) is 0 Å². The minimum atomic E-state index is -0.243. The fourth-order valence-corrected chi connectivity index (χ4v) is 5.35. The number of hydrogen-bond donors (Lipinski definition) is 0. The van der Waals surface area contributed by atoms with Gasteiger partial charge in [-0.15, -0.1) is 11.8 Å². The molecule has 0 bridgehead atoms. The highest BCUT2D eigenvalue weighted by Gasteiger charge is 2.33. The number of anilines is 1. The SMILES string of the molecule is O=C(CN1CCN(c2ccccc2Cl)CC1)N1CCS[C@@H]1c1ccccc1F. The van der Waals surface area contributed by atoms with E-state index in [1.54, 1.807) is 23.9 Å². The van der Waals surface area contributed by atoms with Crippen molar-refractivity contribution in [2.75, 3.05) is 49.9 Å². The van der Waals surface area contributed by atoms with Crippen molar-refractivity contribution in [3.05, 3.63) is 64.9 Å². The fraction of sp³-hybridized carbons (Fsp3) is 0.381. The van der Waals surface area contributed by atoms with Crippen LogP contribution in [0.15, 0.2) is 48.5 Å². The van der Waals surface area contributed by atoms with Crippen molar-refractivity contribution in [2.24, 2.45) is 0 Å². The third kappa shape index (κ3) is 4.14. The van der Waals surface area contributed by atoms with Crippen LogP contribution in [0.2, 0.25) is 5.02 Å². The van der Waals surface area contributed by atoms with Gasteiger partial charge in [-0.25, -0.2) is 4.39 Å². The number of carbonyl (C=O) groups is 1. The molecule has 1 amide bonds. The highest BCUT2D eigenvalue weighted by Crippen LogP contribution is 2.39. The molecular weight excluding hydrogens is 397 g/mol. The lowest BCUT2D eigenvalue weighted by atomic mass is 10.2. The number of amides is 1. The molecule has 2 saturated heterocycles. The van der Waals surface area contributed by atoms with Crippen LogP contribution in [-0.4, -0.2) is 60.7 Å². The summed E-state index contributed by atoms with van der Waals surface area (Å²) in [6.45, 7) is 4.33. The molecule has 4 nitrogen and oxygen atoms in total. The summed E-state index contributed by atoms with van der Waals surface area (Å²) < 4.78 is 14.2. The molecule has 2 heterocycles. The molecule has 0 unspecified atom stereocenters. The second-order valence-corrected chi connectivity index (χ2v) is 8.64. The largest absolute Gasteiger partial charge is 0.368 e. The van der Waals surface area contributed by atoms with Gasteiger partial charge in [0.2, 0.25) is 5.91 Å². The number of carbonyl (C=O) groups excluding carboxylic acids is 1. The summed E-state index contributed by atoms with van der Waals surface area (Å²) in [5, 5.41) is 0.534. The third-order valence-corrected chi connectivity index (χ3v) is 6.87. The second-order valence-electron chi connectivity index (χ2n) is 7.05. The third-order valence-electron chi connectivity index (χ3n) is 5.31. The molecule has 2 aromatic carbocycles. The van der Waals surface area contributed by atoms with E-state index in [9.17, 15) is 9.18 Å². The molecule has 148 valence electrons. The number of nitrogens with zero attached hydrogens (tertiary/aromatic N) is 3. The van der Waals surface area contributed by atoms with Crippen LogP contribution in [-0.2, 0) is 4.79 Å². The highest BCUT2D eigenvalue weighted by molar-refractivity contribution is 7.99. The average molecular weight is 420 g/mol. The van der Waals surface area contributed by atoms with Gasteiger partial charge in [-0.2, -0.15) is 0 Å². The van der Waals surface area contributed by atoms with Gasteiger partial charge in [0.1, 0.15) is 11.2 Å². The van der Waals surface area contributed by atoms with Crippen LogP contribution in [0, 0.1) is 5.82 Å². The lowest BCUT2D eigenvalue weighted by molar-refractivity contribution is -0.132. The van der Waals surface area contributed by atoms with Crippen LogP contribution in [0.3, 0.4) is 0 Å². The molecular formula is C21H23ClFN3OS. The van der Waals surface area contributed by atoms with Gasteiger partial charge in [-0.1, -0.05) is 41.9 Å². The standard InChI is InChI=1S/C21H23ClFN3OS/c22-17-6-2-4-8-19(17)25-11-9-24(10-12-25)15-20(27)26-13-14-28-21(26)16-5-1-3-7-18(16)23/h1-8,21H,9-15H2/t21-/m1/s1. The molecule has 0 saturated carbocycles. The van der Waals surface area contributed by atoms with E-state index in [4.69, 9.17) is 11.6 Å². The van der Waals surface area contributed by atoms with Crippen LogP contribution >= 0.6 is 23.4 Å². The Morgan fingerprint density at radius 1 is 1.04 bits per heavy atom. The molecule has 0 aliphatic carbocycles. The molecule has 0 N–H and O–H groups in total. The zero-order chi connectivity index (χ0) is 19.5. The lowest BCUT2D eigenvalue weighted by Crippen LogP contribution is -2.50. The Balaban J connectivity index is 1.36. The molecule has 2 fully saturated rings. The van der Waals surface area contributed by atoms with Crippen LogP contribution in [0.5, 0.6) is 0 Å². The Kier molecular flexibility index (Phi) is 6.09. The number of rotatable bonds is 4. The van der Waals surface area contributed by atoms with Crippen molar-refractivity contribution in [3.8, 4) is 0 Å². The van der Waals surface area contributed by atoms with Crippen molar-refractivity contribution in [3.63, 3.8) is 0 Å². The molecule has 4 rings (SSSR count). The first kappa shape index (κ1) is 19.6. The Hall–Kier alpha value is -1.76. The van der Waals surface area contributed by atoms with Crippen LogP contribution in [0.1, 0.15) is 10.9 Å². The van der Waals surface area contributed by atoms with Crippen molar-refractivity contribution >= 4 is 35.0 Å². The molecule has 7 heteroatoms. The van der Waals surface area contributed by atoms with Gasteiger partial charge in [-0.05, 0) is 18.2 Å². The fourth-order valence-electron chi connectivity index (χ4n) is 3.80. The summed E-state index contributed by atoms with van der Waals surface area (Å²) in [6, 6.07) is 14.6. The van der Waals surface area contributed by atoms with Gasteiger partial charge in [0.05, 0.1) is 17.3 Å². The maximum atomic E-state index is 14.2. The van der Waals surface area contributed by atoms with Crippen molar-refractivity contribution < 1.29 is 9.18 Å². The summed E-state index contributed by atoms with van der Waals surface area (Å²) in [6.07, 6.45) is 0. The van der Waals surface area contributed by atoms with Gasteiger partial charge >= 0.3 is 0 Å². The number of thioether (sulfide) groups is 1. The van der Waals surface area contributed by atoms with E-state index in [1.807, 2.05) is 35.2 Å². The quantitative estimate of drug-likeness (QED) is 0.751. The summed E-state index contributed by atoms with van der Waals surface area (Å²) in [7, 11) is 0. The zero-order valence-corrected chi connectivity index (χ0v) is 17.1. The monoisotopic (exact) mass is 419 g/mol. The predicted octanol–water partition coefficient (Wildman–Crippen LogP) is 3.88. The second kappa shape index (κ2) is 8.72. The van der Waals surface area contributed by atoms with E-state index in [0.717, 1.165) is 42.6 Å². The number of benzene rings is 2. The molecule has 1 atom stereocenters. The van der Waals surface area contributed by atoms with E-state index in [0.29, 0.717) is 18.7 Å². The van der Waals surface area contributed by atoms with Gasteiger partial charge in [0.25, 0.3) is 0 Å². The van der Waals surface area contributed by atoms with Crippen LogP contribution in [0.4, 0.5) is 10.1 Å². The van der Waals surface area contributed by atoms with Crippen molar-refractivity contribution in [1.82, 2.24) is 9.80 Å². The van der Waals surface area contributed by atoms with E-state index in [-0.39, 0.29) is 17.1 Å². The van der Waals surface area contributed by atoms with E-state index < -0.39 is 0 Å². The number of hydrogen-bond acceptors (Lipinski definition) is 4. The average Bonchev–Trinajstić information content (AvgIpc) is 3.19.